The fourth-order valence-electron chi connectivity index (χ4n) is 7.19. The van der Waals surface area contributed by atoms with Gasteiger partial charge in [-0.15, -0.1) is 0 Å². The molecule has 75 heavy (non-hydrogen) atoms. The van der Waals surface area contributed by atoms with Gasteiger partial charge < -0.3 is 53.6 Å². The predicted molar refractivity (Wildman–Crippen MR) is 277 cm³/mol. The molecule has 3 N–H and O–H groups in total. The van der Waals surface area contributed by atoms with Crippen LogP contribution in [0.15, 0.2) is 0 Å². The minimum Gasteiger partial charge on any atom is -0.481 e. The molecule has 2 atom stereocenters. The molecule has 0 spiro atoms. The first-order chi connectivity index (χ1) is 34.5. The molecule has 1 heterocycles. The molecular weight excluding hydrogens is 981 g/mol. The lowest BCUT2D eigenvalue weighted by molar-refractivity contribution is -0.163. The van der Waals surface area contributed by atoms with Gasteiger partial charge in [-0.2, -0.15) is 0 Å². The van der Waals surface area contributed by atoms with Crippen molar-refractivity contribution in [2.75, 3.05) is 118 Å². The number of carbonyl (C=O) groups is 8. The maximum atomic E-state index is 14.3. The molecule has 0 saturated carbocycles. The number of ether oxygens (including phenoxy) is 8. The number of hydrogen-bond acceptors (Lipinski definition) is 20. The van der Waals surface area contributed by atoms with E-state index in [1.807, 2.05) is 19.6 Å². The summed E-state index contributed by atoms with van der Waals surface area (Å²) in [4.78, 5) is 113. The van der Waals surface area contributed by atoms with E-state index in [1.165, 1.54) is 0 Å². The van der Waals surface area contributed by atoms with Gasteiger partial charge in [0.15, 0.2) is 0 Å². The Bertz CT molecular complexity index is 1750. The molecule has 1 aliphatic rings. The van der Waals surface area contributed by atoms with E-state index in [4.69, 9.17) is 43.0 Å². The SMILES string of the molecule is CC(C)(C)OC(=O)CC(NC(=O)CCC(C(=O)OC(C)(C)C)N1CCN(CC(=O)OC(C)(C)C)CCN(CC(=O)OC(C)(C)C)CCN(CC(=O)OC(C)(C)C)CC1)C(=O)NCCOCCOCCOCCC(=O)O. The van der Waals surface area contributed by atoms with E-state index in [-0.39, 0.29) is 111 Å². The lowest BCUT2D eigenvalue weighted by Gasteiger charge is -2.37. The van der Waals surface area contributed by atoms with Crippen LogP contribution in [-0.4, -0.2) is 231 Å². The largest absolute Gasteiger partial charge is 0.481 e. The van der Waals surface area contributed by atoms with Crippen LogP contribution < -0.4 is 10.6 Å². The Kier molecular flexibility index (Phi) is 30.1. The Morgan fingerprint density at radius 3 is 1.21 bits per heavy atom. The van der Waals surface area contributed by atoms with Gasteiger partial charge in [-0.05, 0) is 110 Å². The number of esters is 5. The maximum absolute atomic E-state index is 14.3. The van der Waals surface area contributed by atoms with E-state index in [9.17, 15) is 38.4 Å². The van der Waals surface area contributed by atoms with Crippen LogP contribution in [0, 0.1) is 0 Å². The number of aliphatic carboxylic acids is 1. The average molecular weight is 1080 g/mol. The van der Waals surface area contributed by atoms with Crippen molar-refractivity contribution in [2.45, 2.75) is 170 Å². The Labute approximate surface area is 445 Å². The van der Waals surface area contributed by atoms with Crippen molar-refractivity contribution in [1.82, 2.24) is 30.2 Å². The summed E-state index contributed by atoms with van der Waals surface area (Å²) in [5.41, 5.74) is -4.06. The number of amides is 2. The number of rotatable bonds is 27. The summed E-state index contributed by atoms with van der Waals surface area (Å²) in [6.45, 7) is 29.1. The van der Waals surface area contributed by atoms with E-state index < -0.39 is 94.1 Å². The standard InChI is InChI=1S/C52H94N6O17/c1-48(2,3)71-42(62)34-38(46(66)53-19-29-69-31-33-70-32-30-68-28-18-41(60)61)54-40(59)17-16-39(47(67)75-52(13,14)15)58-26-24-56(36-44(64)73-50(7,8)9)22-20-55(35-43(63)72-49(4,5)6)21-23-57(25-27-58)37-45(65)74-51(10,11)12/h38-39H,16-37H2,1-15H3,(H,53,66)(H,54,59)(H,60,61). The van der Waals surface area contributed by atoms with Gasteiger partial charge in [0.1, 0.15) is 40.1 Å². The summed E-state index contributed by atoms with van der Waals surface area (Å²) < 4.78 is 44.6. The van der Waals surface area contributed by atoms with Gasteiger partial charge >= 0.3 is 35.8 Å². The minimum atomic E-state index is -1.35. The zero-order valence-electron chi connectivity index (χ0n) is 48.0. The molecule has 434 valence electrons. The van der Waals surface area contributed by atoms with Gasteiger partial charge in [-0.1, -0.05) is 0 Å². The van der Waals surface area contributed by atoms with Gasteiger partial charge in [-0.3, -0.25) is 58.0 Å². The second kappa shape index (κ2) is 32.9. The second-order valence-electron chi connectivity index (χ2n) is 23.4. The van der Waals surface area contributed by atoms with Crippen molar-refractivity contribution >= 4 is 47.6 Å². The first kappa shape index (κ1) is 68.5. The molecule has 1 rings (SSSR count). The van der Waals surface area contributed by atoms with Crippen molar-refractivity contribution in [3.63, 3.8) is 0 Å². The lowest BCUT2D eigenvalue weighted by atomic mass is 10.1. The molecule has 0 bridgehead atoms. The molecule has 0 aromatic heterocycles. The monoisotopic (exact) mass is 1070 g/mol. The van der Waals surface area contributed by atoms with Crippen LogP contribution in [0.5, 0.6) is 0 Å². The van der Waals surface area contributed by atoms with Gasteiger partial charge in [0.2, 0.25) is 11.8 Å². The second-order valence-corrected chi connectivity index (χ2v) is 23.4. The van der Waals surface area contributed by atoms with E-state index in [0.29, 0.717) is 26.2 Å². The summed E-state index contributed by atoms with van der Waals surface area (Å²) in [7, 11) is 0. The van der Waals surface area contributed by atoms with Crippen LogP contribution in [0.1, 0.15) is 130 Å². The number of nitrogens with one attached hydrogen (secondary N) is 2. The first-order valence-electron chi connectivity index (χ1n) is 26.0. The van der Waals surface area contributed by atoms with Crippen molar-refractivity contribution in [2.24, 2.45) is 0 Å². The average Bonchev–Trinajstić information content (AvgIpc) is 3.20. The molecule has 0 aliphatic carbocycles. The summed E-state index contributed by atoms with van der Waals surface area (Å²) in [6.07, 6.45) is -0.966. The first-order valence-corrected chi connectivity index (χ1v) is 26.0. The third-order valence-electron chi connectivity index (χ3n) is 10.1. The summed E-state index contributed by atoms with van der Waals surface area (Å²) in [5, 5.41) is 14.0. The normalized spacial score (nSPS) is 16.3. The number of carbonyl (C=O) groups excluding carboxylic acids is 7. The third kappa shape index (κ3) is 37.0. The third-order valence-corrected chi connectivity index (χ3v) is 10.1. The van der Waals surface area contributed by atoms with Crippen LogP contribution in [0.3, 0.4) is 0 Å². The van der Waals surface area contributed by atoms with Crippen molar-refractivity contribution in [3.05, 3.63) is 0 Å². The fourth-order valence-corrected chi connectivity index (χ4v) is 7.19. The topological polar surface area (TPSA) is 268 Å². The molecule has 23 heteroatoms. The molecule has 2 unspecified atom stereocenters. The highest BCUT2D eigenvalue weighted by Gasteiger charge is 2.34. The fraction of sp³-hybridized carbons (Fsp3) is 0.846. The number of nitrogens with zero attached hydrogens (tertiary/aromatic N) is 4. The molecule has 0 radical (unpaired) electrons. The molecule has 1 saturated heterocycles. The minimum absolute atomic E-state index is 0.0329. The Hall–Kier alpha value is -4.52. The van der Waals surface area contributed by atoms with Crippen LogP contribution in [-0.2, 0) is 76.3 Å². The van der Waals surface area contributed by atoms with Crippen LogP contribution in [0.25, 0.3) is 0 Å². The molecule has 0 aromatic carbocycles. The Balaban J connectivity index is 3.49. The predicted octanol–water partition coefficient (Wildman–Crippen LogP) is 2.58. The molecule has 1 fully saturated rings. The molecule has 0 aromatic rings. The van der Waals surface area contributed by atoms with Crippen LogP contribution in [0.4, 0.5) is 0 Å². The van der Waals surface area contributed by atoms with Crippen molar-refractivity contribution < 1.29 is 81.4 Å². The highest BCUT2D eigenvalue weighted by Crippen LogP contribution is 2.18. The van der Waals surface area contributed by atoms with Gasteiger partial charge in [-0.25, -0.2) is 0 Å². The highest BCUT2D eigenvalue weighted by molar-refractivity contribution is 5.91. The quantitative estimate of drug-likeness (QED) is 0.0606. The number of hydrogen-bond donors (Lipinski definition) is 3. The molecule has 23 nitrogen and oxygen atoms in total. The maximum Gasteiger partial charge on any atom is 0.323 e. The van der Waals surface area contributed by atoms with Crippen LogP contribution in [0.2, 0.25) is 0 Å². The van der Waals surface area contributed by atoms with Crippen LogP contribution >= 0.6 is 0 Å². The van der Waals surface area contributed by atoms with Gasteiger partial charge in [0.25, 0.3) is 0 Å². The molecule has 1 aliphatic heterocycles. The summed E-state index contributed by atoms with van der Waals surface area (Å²) in [5.74, 6) is -4.98. The lowest BCUT2D eigenvalue weighted by Crippen LogP contribution is -2.53. The number of carboxylic acid groups (broad SMARTS) is 1. The number of carboxylic acids is 1. The van der Waals surface area contributed by atoms with Gasteiger partial charge in [0.05, 0.1) is 72.1 Å². The summed E-state index contributed by atoms with van der Waals surface area (Å²) in [6, 6.07) is -2.40. The Morgan fingerprint density at radius 1 is 0.467 bits per heavy atom. The highest BCUT2D eigenvalue weighted by atomic mass is 16.6. The zero-order valence-corrected chi connectivity index (χ0v) is 48.0. The Morgan fingerprint density at radius 2 is 0.827 bits per heavy atom. The van der Waals surface area contributed by atoms with Gasteiger partial charge in [0, 0.05) is 65.3 Å². The molecular formula is C52H94N6O17. The molecule has 2 amide bonds. The van der Waals surface area contributed by atoms with E-state index in [1.54, 1.807) is 104 Å². The van der Waals surface area contributed by atoms with Crippen molar-refractivity contribution in [3.8, 4) is 0 Å². The smallest absolute Gasteiger partial charge is 0.323 e. The zero-order chi connectivity index (χ0) is 57.2. The summed E-state index contributed by atoms with van der Waals surface area (Å²) >= 11 is 0. The van der Waals surface area contributed by atoms with E-state index in [0.717, 1.165) is 0 Å². The van der Waals surface area contributed by atoms with Crippen molar-refractivity contribution in [1.29, 1.82) is 0 Å². The van der Waals surface area contributed by atoms with E-state index in [2.05, 4.69) is 10.6 Å². The van der Waals surface area contributed by atoms with E-state index >= 15 is 0 Å².